The first-order chi connectivity index (χ1) is 9.72. The molecule has 20 heavy (non-hydrogen) atoms. The van der Waals surface area contributed by atoms with Gasteiger partial charge in [-0.25, -0.2) is 4.98 Å². The van der Waals surface area contributed by atoms with Crippen molar-refractivity contribution in [2.45, 2.75) is 6.42 Å². The van der Waals surface area contributed by atoms with Crippen molar-refractivity contribution in [3.63, 3.8) is 0 Å². The summed E-state index contributed by atoms with van der Waals surface area (Å²) < 4.78 is 4.85. The van der Waals surface area contributed by atoms with E-state index in [2.05, 4.69) is 25.8 Å². The van der Waals surface area contributed by atoms with Crippen LogP contribution in [-0.2, 0) is 14.3 Å². The van der Waals surface area contributed by atoms with Crippen molar-refractivity contribution in [3.05, 3.63) is 18.3 Å². The van der Waals surface area contributed by atoms with Crippen LogP contribution < -0.4 is 10.6 Å². The fourth-order valence-electron chi connectivity index (χ4n) is 1.61. The number of nitrogens with zero attached hydrogens (tertiary/aromatic N) is 2. The molecule has 0 spiro atoms. The highest BCUT2D eigenvalue weighted by molar-refractivity contribution is 6.40. The van der Waals surface area contributed by atoms with Crippen LogP contribution in [0.4, 0.5) is 5.82 Å². The molecule has 0 unspecified atom stereocenters. The average molecular weight is 277 g/mol. The number of aromatic amines is 1. The summed E-state index contributed by atoms with van der Waals surface area (Å²) in [5.74, 6) is -1.10. The molecule has 0 fully saturated rings. The molecule has 0 aromatic carbocycles. The standard InChI is InChI=1S/C12H15N5O3/c1-20-7-3-6-14-11(18)12(19)15-10-8-4-2-5-13-9(8)16-17-10/h2,4-5H,3,6-7H2,1H3,(H,14,18)(H2,13,15,16,17,19). The second-order valence-electron chi connectivity index (χ2n) is 4.03. The molecule has 106 valence electrons. The lowest BCUT2D eigenvalue weighted by Gasteiger charge is -2.05. The minimum atomic E-state index is -0.753. The van der Waals surface area contributed by atoms with Gasteiger partial charge >= 0.3 is 11.8 Å². The Bertz CT molecular complexity index is 610. The number of anilines is 1. The predicted molar refractivity (Wildman–Crippen MR) is 72.0 cm³/mol. The van der Waals surface area contributed by atoms with E-state index in [0.717, 1.165) is 0 Å². The Labute approximate surface area is 114 Å². The highest BCUT2D eigenvalue weighted by Crippen LogP contribution is 2.17. The summed E-state index contributed by atoms with van der Waals surface area (Å²) in [5, 5.41) is 12.2. The minimum absolute atomic E-state index is 0.352. The Balaban J connectivity index is 1.92. The molecular formula is C12H15N5O3. The number of ether oxygens (including phenoxy) is 1. The van der Waals surface area contributed by atoms with E-state index < -0.39 is 11.8 Å². The molecule has 3 N–H and O–H groups in total. The fourth-order valence-corrected chi connectivity index (χ4v) is 1.61. The molecule has 0 saturated carbocycles. The van der Waals surface area contributed by atoms with Crippen LogP contribution in [0.5, 0.6) is 0 Å². The van der Waals surface area contributed by atoms with Crippen LogP contribution in [0.2, 0.25) is 0 Å². The van der Waals surface area contributed by atoms with Gasteiger partial charge in [0.25, 0.3) is 0 Å². The number of amides is 2. The van der Waals surface area contributed by atoms with Crippen LogP contribution in [0.15, 0.2) is 18.3 Å². The molecule has 2 aromatic rings. The second-order valence-corrected chi connectivity index (χ2v) is 4.03. The van der Waals surface area contributed by atoms with E-state index in [1.807, 2.05) is 0 Å². The molecule has 2 heterocycles. The Kier molecular flexibility index (Phi) is 4.61. The quantitative estimate of drug-likeness (QED) is 0.528. The third-order valence-electron chi connectivity index (χ3n) is 2.59. The lowest BCUT2D eigenvalue weighted by molar-refractivity contribution is -0.136. The van der Waals surface area contributed by atoms with Crippen molar-refractivity contribution in [3.8, 4) is 0 Å². The van der Waals surface area contributed by atoms with Gasteiger partial charge in [0.05, 0.1) is 5.39 Å². The van der Waals surface area contributed by atoms with Crippen molar-refractivity contribution < 1.29 is 14.3 Å². The molecule has 0 bridgehead atoms. The van der Waals surface area contributed by atoms with Gasteiger partial charge in [0.15, 0.2) is 5.65 Å². The number of carbonyl (C=O) groups excluding carboxylic acids is 2. The topological polar surface area (TPSA) is 109 Å². The van der Waals surface area contributed by atoms with Crippen LogP contribution in [-0.4, -0.2) is 47.3 Å². The lowest BCUT2D eigenvalue weighted by Crippen LogP contribution is -2.36. The smallest absolute Gasteiger partial charge is 0.314 e. The third kappa shape index (κ3) is 3.29. The number of rotatable bonds is 5. The number of pyridine rings is 1. The SMILES string of the molecule is COCCCNC(=O)C(=O)Nc1[nH]nc2ncccc12. The van der Waals surface area contributed by atoms with E-state index >= 15 is 0 Å². The van der Waals surface area contributed by atoms with E-state index in [1.54, 1.807) is 25.4 Å². The van der Waals surface area contributed by atoms with Gasteiger partial charge in [0.2, 0.25) is 0 Å². The molecule has 0 aliphatic rings. The van der Waals surface area contributed by atoms with Gasteiger partial charge in [0.1, 0.15) is 5.82 Å². The fraction of sp³-hybridized carbons (Fsp3) is 0.333. The van der Waals surface area contributed by atoms with Crippen molar-refractivity contribution in [2.24, 2.45) is 0 Å². The van der Waals surface area contributed by atoms with Crippen LogP contribution >= 0.6 is 0 Å². The normalized spacial score (nSPS) is 10.4. The van der Waals surface area contributed by atoms with Gasteiger partial charge < -0.3 is 15.4 Å². The van der Waals surface area contributed by atoms with Gasteiger partial charge in [-0.1, -0.05) is 0 Å². The molecule has 8 heteroatoms. The molecule has 0 atom stereocenters. The molecule has 0 aliphatic heterocycles. The maximum atomic E-state index is 11.7. The van der Waals surface area contributed by atoms with E-state index in [1.165, 1.54) is 0 Å². The van der Waals surface area contributed by atoms with Gasteiger partial charge in [-0.15, -0.1) is 0 Å². The summed E-state index contributed by atoms with van der Waals surface area (Å²) >= 11 is 0. The average Bonchev–Trinajstić information content (AvgIpc) is 2.87. The predicted octanol–water partition coefficient (Wildman–Crippen LogP) is 0.0491. The Morgan fingerprint density at radius 1 is 1.40 bits per heavy atom. The van der Waals surface area contributed by atoms with Crippen LogP contribution in [0.3, 0.4) is 0 Å². The zero-order valence-corrected chi connectivity index (χ0v) is 11.0. The highest BCUT2D eigenvalue weighted by Gasteiger charge is 2.15. The van der Waals surface area contributed by atoms with Crippen molar-refractivity contribution >= 4 is 28.7 Å². The summed E-state index contributed by atoms with van der Waals surface area (Å²) in [6, 6.07) is 3.47. The maximum Gasteiger partial charge on any atom is 0.314 e. The molecule has 2 aromatic heterocycles. The summed E-state index contributed by atoms with van der Waals surface area (Å²) in [4.78, 5) is 27.3. The lowest BCUT2D eigenvalue weighted by atomic mass is 10.3. The van der Waals surface area contributed by atoms with E-state index in [4.69, 9.17) is 4.74 Å². The maximum absolute atomic E-state index is 11.7. The molecule has 2 amide bonds. The zero-order valence-electron chi connectivity index (χ0n) is 11.0. The van der Waals surface area contributed by atoms with Crippen LogP contribution in [0.1, 0.15) is 6.42 Å². The number of aromatic nitrogens is 3. The van der Waals surface area contributed by atoms with E-state index in [-0.39, 0.29) is 0 Å². The number of hydrogen-bond acceptors (Lipinski definition) is 5. The van der Waals surface area contributed by atoms with Crippen LogP contribution in [0.25, 0.3) is 11.0 Å². The largest absolute Gasteiger partial charge is 0.385 e. The van der Waals surface area contributed by atoms with Crippen molar-refractivity contribution in [1.29, 1.82) is 0 Å². The second kappa shape index (κ2) is 6.62. The number of H-pyrrole nitrogens is 1. The summed E-state index contributed by atoms with van der Waals surface area (Å²) in [6.07, 6.45) is 2.24. The molecule has 2 rings (SSSR count). The summed E-state index contributed by atoms with van der Waals surface area (Å²) in [7, 11) is 1.58. The third-order valence-corrected chi connectivity index (χ3v) is 2.59. The molecule has 0 saturated heterocycles. The zero-order chi connectivity index (χ0) is 14.4. The number of fused-ring (bicyclic) bond motifs is 1. The highest BCUT2D eigenvalue weighted by atomic mass is 16.5. The number of nitrogens with one attached hydrogen (secondary N) is 3. The number of carbonyl (C=O) groups is 2. The number of hydrogen-bond donors (Lipinski definition) is 3. The van der Waals surface area contributed by atoms with E-state index in [9.17, 15) is 9.59 Å². The van der Waals surface area contributed by atoms with Gasteiger partial charge in [-0.2, -0.15) is 5.10 Å². The first-order valence-electron chi connectivity index (χ1n) is 6.09. The Morgan fingerprint density at radius 2 is 2.25 bits per heavy atom. The van der Waals surface area contributed by atoms with E-state index in [0.29, 0.717) is 36.4 Å². The van der Waals surface area contributed by atoms with Gasteiger partial charge in [0, 0.05) is 26.5 Å². The van der Waals surface area contributed by atoms with Gasteiger partial charge in [-0.05, 0) is 18.6 Å². The van der Waals surface area contributed by atoms with Crippen molar-refractivity contribution in [1.82, 2.24) is 20.5 Å². The molecule has 0 aliphatic carbocycles. The summed E-state index contributed by atoms with van der Waals surface area (Å²) in [5.41, 5.74) is 0.475. The van der Waals surface area contributed by atoms with Crippen LogP contribution in [0, 0.1) is 0 Å². The van der Waals surface area contributed by atoms with Crippen molar-refractivity contribution in [2.75, 3.05) is 25.6 Å². The Hall–Kier alpha value is -2.48. The van der Waals surface area contributed by atoms with Gasteiger partial charge in [-0.3, -0.25) is 14.7 Å². The Morgan fingerprint density at radius 3 is 3.05 bits per heavy atom. The molecule has 0 radical (unpaired) electrons. The first-order valence-corrected chi connectivity index (χ1v) is 6.09. The molecule has 8 nitrogen and oxygen atoms in total. The molecular weight excluding hydrogens is 262 g/mol. The monoisotopic (exact) mass is 277 g/mol. The minimum Gasteiger partial charge on any atom is -0.385 e. The number of methoxy groups -OCH3 is 1. The summed E-state index contributed by atoms with van der Waals surface area (Å²) in [6.45, 7) is 0.907. The first kappa shape index (κ1) is 13.9.